The average Bonchev–Trinajstić information content (AvgIpc) is 2.46. The maximum absolute atomic E-state index is 10.9. The number of ether oxygens (including phenoxy) is 1. The van der Waals surface area contributed by atoms with Crippen molar-refractivity contribution in [1.82, 2.24) is 4.90 Å². The Hall–Kier alpha value is -0.250. The van der Waals surface area contributed by atoms with Crippen molar-refractivity contribution < 1.29 is 9.53 Å². The van der Waals surface area contributed by atoms with E-state index in [0.717, 1.165) is 24.8 Å². The van der Waals surface area contributed by atoms with Gasteiger partial charge in [0.15, 0.2) is 0 Å². The van der Waals surface area contributed by atoms with Crippen molar-refractivity contribution in [2.75, 3.05) is 25.0 Å². The van der Waals surface area contributed by atoms with E-state index in [2.05, 4.69) is 15.9 Å². The molecule has 0 N–H and O–H groups in total. The molecule has 1 saturated heterocycles. The predicted octanol–water partition coefficient (Wildman–Crippen LogP) is 2.00. The predicted molar refractivity (Wildman–Crippen MR) is 50.6 cm³/mol. The Kier molecular flexibility index (Phi) is 4.43. The lowest BCUT2D eigenvalue weighted by Gasteiger charge is -2.11. The number of nitrogens with zero attached hydrogens (tertiary/aromatic N) is 1. The van der Waals surface area contributed by atoms with Gasteiger partial charge in [-0.2, -0.15) is 0 Å². The number of hydrogen-bond donors (Lipinski definition) is 0. The molecule has 4 heteroatoms. The molecule has 0 aromatic rings. The van der Waals surface area contributed by atoms with Gasteiger partial charge in [-0.15, -0.1) is 0 Å². The van der Waals surface area contributed by atoms with Crippen LogP contribution in [0.5, 0.6) is 0 Å². The Morgan fingerprint density at radius 1 is 1.42 bits per heavy atom. The number of rotatable bonds is 5. The van der Waals surface area contributed by atoms with Crippen molar-refractivity contribution in [2.24, 2.45) is 0 Å². The van der Waals surface area contributed by atoms with Gasteiger partial charge in [0.2, 0.25) is 0 Å². The Bertz CT molecular complexity index is 152. The molecule has 1 amide bonds. The van der Waals surface area contributed by atoms with Gasteiger partial charge in [-0.1, -0.05) is 22.4 Å². The summed E-state index contributed by atoms with van der Waals surface area (Å²) in [7, 11) is 0. The Labute approximate surface area is 81.2 Å². The van der Waals surface area contributed by atoms with Gasteiger partial charge in [-0.25, -0.2) is 4.79 Å². The molecule has 0 aromatic heterocycles. The Morgan fingerprint density at radius 3 is 2.83 bits per heavy atom. The molecule has 0 spiro atoms. The second-order valence-corrected chi connectivity index (χ2v) is 3.64. The van der Waals surface area contributed by atoms with E-state index in [0.29, 0.717) is 6.61 Å². The summed E-state index contributed by atoms with van der Waals surface area (Å²) in [4.78, 5) is 12.7. The van der Waals surface area contributed by atoms with Crippen LogP contribution in [0.4, 0.5) is 4.79 Å². The number of carbonyl (C=O) groups is 1. The number of amides is 1. The van der Waals surface area contributed by atoms with Crippen LogP contribution >= 0.6 is 15.9 Å². The summed E-state index contributed by atoms with van der Waals surface area (Å²) < 4.78 is 4.80. The first kappa shape index (κ1) is 9.84. The van der Waals surface area contributed by atoms with E-state index in [-0.39, 0.29) is 6.09 Å². The van der Waals surface area contributed by atoms with Crippen molar-refractivity contribution in [1.29, 1.82) is 0 Å². The standard InChI is InChI=1S/C8H14BrNO2/c9-4-2-1-3-5-10-6-7-12-8(10)11/h1-7H2. The number of carbonyl (C=O) groups excluding carboxylic acids is 1. The van der Waals surface area contributed by atoms with Crippen molar-refractivity contribution in [3.05, 3.63) is 0 Å². The minimum Gasteiger partial charge on any atom is -0.448 e. The third-order valence-electron chi connectivity index (χ3n) is 1.91. The highest BCUT2D eigenvalue weighted by atomic mass is 79.9. The normalized spacial score (nSPS) is 16.8. The van der Waals surface area contributed by atoms with E-state index in [4.69, 9.17) is 4.74 Å². The molecule has 1 heterocycles. The molecule has 0 unspecified atom stereocenters. The van der Waals surface area contributed by atoms with Crippen LogP contribution in [-0.4, -0.2) is 36.0 Å². The van der Waals surface area contributed by atoms with Crippen LogP contribution in [0.2, 0.25) is 0 Å². The third kappa shape index (κ3) is 3.01. The zero-order valence-electron chi connectivity index (χ0n) is 7.09. The van der Waals surface area contributed by atoms with Gasteiger partial charge in [0.1, 0.15) is 6.61 Å². The first-order valence-corrected chi connectivity index (χ1v) is 5.44. The zero-order chi connectivity index (χ0) is 8.81. The van der Waals surface area contributed by atoms with Gasteiger partial charge in [0.05, 0.1) is 6.54 Å². The van der Waals surface area contributed by atoms with Crippen molar-refractivity contribution >= 4 is 22.0 Å². The van der Waals surface area contributed by atoms with Gasteiger partial charge < -0.3 is 9.64 Å². The van der Waals surface area contributed by atoms with Gasteiger partial charge in [-0.05, 0) is 12.8 Å². The van der Waals surface area contributed by atoms with E-state index in [1.165, 1.54) is 12.8 Å². The molecular weight excluding hydrogens is 222 g/mol. The van der Waals surface area contributed by atoms with Crippen LogP contribution in [0.3, 0.4) is 0 Å². The summed E-state index contributed by atoms with van der Waals surface area (Å²) in [6.45, 7) is 2.19. The highest BCUT2D eigenvalue weighted by Gasteiger charge is 2.20. The fourth-order valence-corrected chi connectivity index (χ4v) is 1.60. The quantitative estimate of drug-likeness (QED) is 0.539. The molecule has 0 bridgehead atoms. The molecule has 1 aliphatic rings. The minimum atomic E-state index is -0.145. The number of unbranched alkanes of at least 4 members (excludes halogenated alkanes) is 2. The molecule has 0 atom stereocenters. The van der Waals surface area contributed by atoms with E-state index >= 15 is 0 Å². The van der Waals surface area contributed by atoms with E-state index in [1.54, 1.807) is 4.90 Å². The zero-order valence-corrected chi connectivity index (χ0v) is 8.68. The summed E-state index contributed by atoms with van der Waals surface area (Å²) in [5.74, 6) is 0. The number of cyclic esters (lactones) is 1. The van der Waals surface area contributed by atoms with Crippen molar-refractivity contribution in [3.8, 4) is 0 Å². The maximum Gasteiger partial charge on any atom is 0.409 e. The highest BCUT2D eigenvalue weighted by Crippen LogP contribution is 2.06. The molecule has 12 heavy (non-hydrogen) atoms. The van der Waals surface area contributed by atoms with Crippen LogP contribution in [0.1, 0.15) is 19.3 Å². The van der Waals surface area contributed by atoms with Crippen LogP contribution < -0.4 is 0 Å². The van der Waals surface area contributed by atoms with Crippen LogP contribution in [-0.2, 0) is 4.74 Å². The fourth-order valence-electron chi connectivity index (χ4n) is 1.20. The highest BCUT2D eigenvalue weighted by molar-refractivity contribution is 9.09. The monoisotopic (exact) mass is 235 g/mol. The molecule has 1 aliphatic heterocycles. The van der Waals surface area contributed by atoms with Crippen LogP contribution in [0, 0.1) is 0 Å². The average molecular weight is 236 g/mol. The topological polar surface area (TPSA) is 29.5 Å². The summed E-state index contributed by atoms with van der Waals surface area (Å²) in [5.41, 5.74) is 0. The first-order valence-electron chi connectivity index (χ1n) is 4.32. The lowest BCUT2D eigenvalue weighted by Crippen LogP contribution is -2.25. The second-order valence-electron chi connectivity index (χ2n) is 2.85. The molecule has 0 saturated carbocycles. The molecule has 0 aromatic carbocycles. The molecule has 0 radical (unpaired) electrons. The number of alkyl halides is 1. The lowest BCUT2D eigenvalue weighted by atomic mass is 10.2. The minimum absolute atomic E-state index is 0.145. The van der Waals surface area contributed by atoms with E-state index < -0.39 is 0 Å². The number of halogens is 1. The van der Waals surface area contributed by atoms with Gasteiger partial charge in [0.25, 0.3) is 0 Å². The molecular formula is C8H14BrNO2. The number of hydrogen-bond acceptors (Lipinski definition) is 2. The summed E-state index contributed by atoms with van der Waals surface area (Å²) in [6, 6.07) is 0. The van der Waals surface area contributed by atoms with E-state index in [1.807, 2.05) is 0 Å². The maximum atomic E-state index is 10.9. The molecule has 1 fully saturated rings. The molecule has 1 rings (SSSR count). The molecule has 3 nitrogen and oxygen atoms in total. The van der Waals surface area contributed by atoms with Crippen LogP contribution in [0.15, 0.2) is 0 Å². The Balaban J connectivity index is 2.02. The van der Waals surface area contributed by atoms with Gasteiger partial charge in [-0.3, -0.25) is 0 Å². The Morgan fingerprint density at radius 2 is 2.25 bits per heavy atom. The smallest absolute Gasteiger partial charge is 0.409 e. The summed E-state index contributed by atoms with van der Waals surface area (Å²) in [5, 5.41) is 1.05. The molecule has 0 aliphatic carbocycles. The van der Waals surface area contributed by atoms with Gasteiger partial charge in [0, 0.05) is 11.9 Å². The fraction of sp³-hybridized carbons (Fsp3) is 0.875. The van der Waals surface area contributed by atoms with Gasteiger partial charge >= 0.3 is 6.09 Å². The SMILES string of the molecule is O=C1OCCN1CCCCCBr. The third-order valence-corrected chi connectivity index (χ3v) is 2.47. The molecule has 70 valence electrons. The largest absolute Gasteiger partial charge is 0.448 e. The summed E-state index contributed by atoms with van der Waals surface area (Å²) in [6.07, 6.45) is 3.30. The van der Waals surface area contributed by atoms with Crippen molar-refractivity contribution in [3.63, 3.8) is 0 Å². The first-order chi connectivity index (χ1) is 5.84. The second kappa shape index (κ2) is 5.41. The van der Waals surface area contributed by atoms with E-state index in [9.17, 15) is 4.79 Å². The summed E-state index contributed by atoms with van der Waals surface area (Å²) >= 11 is 3.37. The van der Waals surface area contributed by atoms with Crippen LogP contribution in [0.25, 0.3) is 0 Å². The lowest BCUT2D eigenvalue weighted by molar-refractivity contribution is 0.158. The van der Waals surface area contributed by atoms with Crippen molar-refractivity contribution in [2.45, 2.75) is 19.3 Å².